The normalized spacial score (nSPS) is 17.9. The van der Waals surface area contributed by atoms with Crippen LogP contribution in [0.4, 0.5) is 11.4 Å². The average molecular weight is 292 g/mol. The molecule has 0 aliphatic carbocycles. The van der Waals surface area contributed by atoms with Crippen LogP contribution in [0.15, 0.2) is 24.3 Å². The van der Waals surface area contributed by atoms with Gasteiger partial charge in [0, 0.05) is 18.7 Å². The second-order valence-electron chi connectivity index (χ2n) is 5.31. The zero-order valence-electron chi connectivity index (χ0n) is 12.0. The van der Waals surface area contributed by atoms with Gasteiger partial charge in [-0.25, -0.2) is 0 Å². The summed E-state index contributed by atoms with van der Waals surface area (Å²) in [7, 11) is 1.87. The molecule has 1 aromatic rings. The van der Waals surface area contributed by atoms with Crippen molar-refractivity contribution in [2.45, 2.75) is 18.9 Å². The van der Waals surface area contributed by atoms with E-state index in [0.29, 0.717) is 6.04 Å². The zero-order chi connectivity index (χ0) is 15.2. The third-order valence-electron chi connectivity index (χ3n) is 3.48. The number of carbonyl (C=O) groups excluding carboxylic acids is 1. The molecule has 1 heterocycles. The Balaban J connectivity index is 1.88. The summed E-state index contributed by atoms with van der Waals surface area (Å²) in [6.45, 7) is 2.04. The van der Waals surface area contributed by atoms with Crippen LogP contribution in [0.25, 0.3) is 0 Å². The van der Waals surface area contributed by atoms with Gasteiger partial charge in [0.1, 0.15) is 5.69 Å². The van der Waals surface area contributed by atoms with Crippen molar-refractivity contribution in [1.29, 1.82) is 0 Å². The SMILES string of the molecule is CN(CC(=O)Nc1ccccc1[N+](=O)[O-])CC1CCCN1. The number of likely N-dealkylation sites (N-methyl/N-ethyl adjacent to an activating group) is 1. The summed E-state index contributed by atoms with van der Waals surface area (Å²) < 4.78 is 0. The van der Waals surface area contributed by atoms with E-state index in [4.69, 9.17) is 0 Å². The average Bonchev–Trinajstić information content (AvgIpc) is 2.91. The number of carbonyl (C=O) groups is 1. The van der Waals surface area contributed by atoms with E-state index in [1.165, 1.54) is 18.6 Å². The molecule has 1 atom stereocenters. The van der Waals surface area contributed by atoms with Crippen molar-refractivity contribution in [3.63, 3.8) is 0 Å². The number of anilines is 1. The minimum absolute atomic E-state index is 0.0917. The molecule has 1 amide bonds. The number of rotatable bonds is 6. The maximum absolute atomic E-state index is 12.0. The standard InChI is InChI=1S/C14H20N4O3/c1-17(9-11-5-4-8-15-11)10-14(19)16-12-6-2-3-7-13(12)18(20)21/h2-3,6-7,11,15H,4-5,8-10H2,1H3,(H,16,19). The van der Waals surface area contributed by atoms with Crippen molar-refractivity contribution in [1.82, 2.24) is 10.2 Å². The quantitative estimate of drug-likeness (QED) is 0.608. The van der Waals surface area contributed by atoms with Gasteiger partial charge in [-0.15, -0.1) is 0 Å². The highest BCUT2D eigenvalue weighted by atomic mass is 16.6. The third kappa shape index (κ3) is 4.51. The molecule has 1 aliphatic heterocycles. The molecule has 0 radical (unpaired) electrons. The van der Waals surface area contributed by atoms with Crippen molar-refractivity contribution >= 4 is 17.3 Å². The molecular formula is C14H20N4O3. The van der Waals surface area contributed by atoms with E-state index >= 15 is 0 Å². The molecule has 2 rings (SSSR count). The Morgan fingerprint density at radius 2 is 2.29 bits per heavy atom. The third-order valence-corrected chi connectivity index (χ3v) is 3.48. The Hall–Kier alpha value is -1.99. The first kappa shape index (κ1) is 15.4. The van der Waals surface area contributed by atoms with E-state index in [-0.39, 0.29) is 23.8 Å². The molecule has 2 N–H and O–H groups in total. The maximum atomic E-state index is 12.0. The fourth-order valence-electron chi connectivity index (χ4n) is 2.53. The van der Waals surface area contributed by atoms with Crippen molar-refractivity contribution in [3.05, 3.63) is 34.4 Å². The highest BCUT2D eigenvalue weighted by Crippen LogP contribution is 2.22. The Morgan fingerprint density at radius 1 is 1.52 bits per heavy atom. The molecule has 0 aromatic heterocycles. The molecule has 21 heavy (non-hydrogen) atoms. The zero-order valence-corrected chi connectivity index (χ0v) is 12.0. The molecule has 7 nitrogen and oxygen atoms in total. The predicted molar refractivity (Wildman–Crippen MR) is 80.2 cm³/mol. The molecule has 0 saturated carbocycles. The molecule has 1 saturated heterocycles. The predicted octanol–water partition coefficient (Wildman–Crippen LogP) is 1.22. The molecule has 0 spiro atoms. The monoisotopic (exact) mass is 292 g/mol. The summed E-state index contributed by atoms with van der Waals surface area (Å²) in [5.41, 5.74) is 0.144. The van der Waals surface area contributed by atoms with Crippen LogP contribution in [0.5, 0.6) is 0 Å². The number of nitrogens with zero attached hydrogens (tertiary/aromatic N) is 2. The highest BCUT2D eigenvalue weighted by molar-refractivity contribution is 5.94. The lowest BCUT2D eigenvalue weighted by Gasteiger charge is -2.20. The molecule has 1 fully saturated rings. The summed E-state index contributed by atoms with van der Waals surface area (Å²) in [5, 5.41) is 16.9. The van der Waals surface area contributed by atoms with Gasteiger partial charge in [-0.2, -0.15) is 0 Å². The molecule has 1 aromatic carbocycles. The lowest BCUT2D eigenvalue weighted by molar-refractivity contribution is -0.383. The van der Waals surface area contributed by atoms with Crippen molar-refractivity contribution < 1.29 is 9.72 Å². The number of benzene rings is 1. The Morgan fingerprint density at radius 3 is 2.95 bits per heavy atom. The topological polar surface area (TPSA) is 87.5 Å². The molecule has 1 unspecified atom stereocenters. The van der Waals surface area contributed by atoms with Gasteiger partial charge in [0.25, 0.3) is 5.69 Å². The van der Waals surface area contributed by atoms with E-state index in [0.717, 1.165) is 19.5 Å². The fraction of sp³-hybridized carbons (Fsp3) is 0.500. The van der Waals surface area contributed by atoms with Crippen LogP contribution in [0.2, 0.25) is 0 Å². The Labute approximate surface area is 123 Å². The van der Waals surface area contributed by atoms with Gasteiger partial charge in [0.15, 0.2) is 0 Å². The summed E-state index contributed by atoms with van der Waals surface area (Å²) in [6.07, 6.45) is 2.29. The molecule has 7 heteroatoms. The number of para-hydroxylation sites is 2. The van der Waals surface area contributed by atoms with E-state index in [2.05, 4.69) is 10.6 Å². The number of amides is 1. The maximum Gasteiger partial charge on any atom is 0.292 e. The molecule has 1 aliphatic rings. The largest absolute Gasteiger partial charge is 0.319 e. The number of nitrogens with one attached hydrogen (secondary N) is 2. The van der Waals surface area contributed by atoms with Crippen LogP contribution in [0.3, 0.4) is 0 Å². The van der Waals surface area contributed by atoms with Gasteiger partial charge < -0.3 is 10.6 Å². The fourth-order valence-corrected chi connectivity index (χ4v) is 2.53. The molecular weight excluding hydrogens is 272 g/mol. The Bertz CT molecular complexity index is 515. The van der Waals surface area contributed by atoms with Crippen molar-refractivity contribution in [2.75, 3.05) is 32.0 Å². The van der Waals surface area contributed by atoms with Crippen LogP contribution in [0, 0.1) is 10.1 Å². The van der Waals surface area contributed by atoms with Crippen molar-refractivity contribution in [2.24, 2.45) is 0 Å². The first-order valence-electron chi connectivity index (χ1n) is 7.01. The van der Waals surface area contributed by atoms with Gasteiger partial charge in [-0.05, 0) is 32.5 Å². The second-order valence-corrected chi connectivity index (χ2v) is 5.31. The number of nitro groups is 1. The lowest BCUT2D eigenvalue weighted by Crippen LogP contribution is -2.39. The minimum Gasteiger partial charge on any atom is -0.319 e. The first-order chi connectivity index (χ1) is 10.1. The summed E-state index contributed by atoms with van der Waals surface area (Å²) in [6, 6.07) is 6.57. The lowest BCUT2D eigenvalue weighted by atomic mass is 10.2. The molecule has 114 valence electrons. The van der Waals surface area contributed by atoms with E-state index < -0.39 is 4.92 Å². The van der Waals surface area contributed by atoms with Crippen LogP contribution >= 0.6 is 0 Å². The van der Waals surface area contributed by atoms with Gasteiger partial charge in [-0.3, -0.25) is 19.8 Å². The summed E-state index contributed by atoms with van der Waals surface area (Å²) >= 11 is 0. The van der Waals surface area contributed by atoms with Crippen molar-refractivity contribution in [3.8, 4) is 0 Å². The van der Waals surface area contributed by atoms with Gasteiger partial charge in [0.2, 0.25) is 5.91 Å². The van der Waals surface area contributed by atoms with E-state index in [1.54, 1.807) is 12.1 Å². The van der Waals surface area contributed by atoms with E-state index in [9.17, 15) is 14.9 Å². The first-order valence-corrected chi connectivity index (χ1v) is 7.01. The minimum atomic E-state index is -0.498. The highest BCUT2D eigenvalue weighted by Gasteiger charge is 2.19. The Kier molecular flexibility index (Phi) is 5.24. The molecule has 0 bridgehead atoms. The second kappa shape index (κ2) is 7.14. The van der Waals surface area contributed by atoms with Crippen LogP contribution in [-0.2, 0) is 4.79 Å². The number of hydrogen-bond donors (Lipinski definition) is 2. The number of nitro benzene ring substituents is 1. The smallest absolute Gasteiger partial charge is 0.292 e. The number of hydrogen-bond acceptors (Lipinski definition) is 5. The van der Waals surface area contributed by atoms with Gasteiger partial charge >= 0.3 is 0 Å². The van der Waals surface area contributed by atoms with Gasteiger partial charge in [0.05, 0.1) is 11.5 Å². The van der Waals surface area contributed by atoms with Crippen LogP contribution in [-0.4, -0.2) is 48.5 Å². The van der Waals surface area contributed by atoms with Crippen LogP contribution in [0.1, 0.15) is 12.8 Å². The summed E-state index contributed by atoms with van der Waals surface area (Å²) in [5.74, 6) is -0.246. The van der Waals surface area contributed by atoms with E-state index in [1.807, 2.05) is 11.9 Å². The van der Waals surface area contributed by atoms with Crippen LogP contribution < -0.4 is 10.6 Å². The summed E-state index contributed by atoms with van der Waals surface area (Å²) in [4.78, 5) is 24.3. The van der Waals surface area contributed by atoms with Gasteiger partial charge in [-0.1, -0.05) is 12.1 Å².